The van der Waals surface area contributed by atoms with Crippen molar-refractivity contribution in [2.75, 3.05) is 6.54 Å². The van der Waals surface area contributed by atoms with E-state index in [4.69, 9.17) is 0 Å². The van der Waals surface area contributed by atoms with Gasteiger partial charge in [0.2, 0.25) is 6.41 Å². The number of carbonyl (C=O) groups is 1. The molecule has 21 heavy (non-hydrogen) atoms. The summed E-state index contributed by atoms with van der Waals surface area (Å²) in [6, 6.07) is 13.5. The van der Waals surface area contributed by atoms with Gasteiger partial charge in [-0.05, 0) is 59.6 Å². The van der Waals surface area contributed by atoms with Crippen LogP contribution in [0.25, 0.3) is 0 Å². The Kier molecular flexibility index (Phi) is 4.00. The fourth-order valence-electron chi connectivity index (χ4n) is 3.21. The number of benzene rings is 2. The van der Waals surface area contributed by atoms with Gasteiger partial charge in [-0.3, -0.25) is 4.79 Å². The molecule has 0 spiro atoms. The third-order valence-electron chi connectivity index (χ3n) is 4.23. The number of amides is 1. The van der Waals surface area contributed by atoms with Crippen LogP contribution in [0, 0.1) is 5.82 Å². The average molecular weight is 283 g/mol. The highest BCUT2D eigenvalue weighted by Gasteiger charge is 2.21. The number of nitrogens with one attached hydrogen (secondary N) is 1. The van der Waals surface area contributed by atoms with Crippen molar-refractivity contribution in [3.63, 3.8) is 0 Å². The van der Waals surface area contributed by atoms with Gasteiger partial charge in [-0.25, -0.2) is 4.39 Å². The average Bonchev–Trinajstić information content (AvgIpc) is 2.64. The summed E-state index contributed by atoms with van der Waals surface area (Å²) >= 11 is 0. The van der Waals surface area contributed by atoms with E-state index in [1.807, 2.05) is 12.1 Å². The molecule has 0 heterocycles. The molecule has 0 fully saturated rings. The van der Waals surface area contributed by atoms with Gasteiger partial charge in [-0.2, -0.15) is 0 Å². The van der Waals surface area contributed by atoms with Crippen molar-refractivity contribution < 1.29 is 9.18 Å². The molecule has 0 aliphatic heterocycles. The zero-order chi connectivity index (χ0) is 14.7. The van der Waals surface area contributed by atoms with Gasteiger partial charge in [-0.15, -0.1) is 0 Å². The lowest BCUT2D eigenvalue weighted by Gasteiger charge is -2.17. The largest absolute Gasteiger partial charge is 0.359 e. The molecule has 108 valence electrons. The van der Waals surface area contributed by atoms with Crippen LogP contribution < -0.4 is 5.32 Å². The fourth-order valence-corrected chi connectivity index (χ4v) is 3.21. The maximum atomic E-state index is 13.5. The Morgan fingerprint density at radius 1 is 1.14 bits per heavy atom. The van der Waals surface area contributed by atoms with E-state index in [1.54, 1.807) is 6.07 Å². The molecule has 0 bridgehead atoms. The standard InChI is InChI=1S/C18H18FNO/c19-17-6-5-13-9-14-3-1-2-4-18(14)15(7-8-20-12-21)10-16(13)11-17/h1-6,11-12,15H,7-10H2,(H,20,21)/t15-/m0/s1. The molecule has 0 aromatic heterocycles. The minimum atomic E-state index is -0.176. The molecule has 0 saturated carbocycles. The molecule has 1 amide bonds. The summed E-state index contributed by atoms with van der Waals surface area (Å²) in [5.41, 5.74) is 4.91. The van der Waals surface area contributed by atoms with Crippen LogP contribution in [0.3, 0.4) is 0 Å². The van der Waals surface area contributed by atoms with E-state index in [1.165, 1.54) is 22.8 Å². The predicted molar refractivity (Wildman–Crippen MR) is 80.8 cm³/mol. The summed E-state index contributed by atoms with van der Waals surface area (Å²) in [6.45, 7) is 0.646. The van der Waals surface area contributed by atoms with Crippen molar-refractivity contribution in [3.8, 4) is 0 Å². The van der Waals surface area contributed by atoms with Crippen LogP contribution in [0.5, 0.6) is 0 Å². The van der Waals surface area contributed by atoms with E-state index in [-0.39, 0.29) is 5.82 Å². The smallest absolute Gasteiger partial charge is 0.207 e. The molecule has 0 saturated heterocycles. The van der Waals surface area contributed by atoms with Crippen molar-refractivity contribution in [2.24, 2.45) is 0 Å². The number of hydrogen-bond donors (Lipinski definition) is 1. The molecule has 3 rings (SSSR count). The molecule has 1 atom stereocenters. The molecule has 0 radical (unpaired) electrons. The van der Waals surface area contributed by atoms with Gasteiger partial charge in [0.1, 0.15) is 5.82 Å². The molecule has 2 nitrogen and oxygen atoms in total. The first-order valence-electron chi connectivity index (χ1n) is 7.30. The van der Waals surface area contributed by atoms with E-state index in [0.717, 1.165) is 31.2 Å². The Balaban J connectivity index is 1.97. The lowest BCUT2D eigenvalue weighted by atomic mass is 9.89. The van der Waals surface area contributed by atoms with Gasteiger partial charge >= 0.3 is 0 Å². The minimum Gasteiger partial charge on any atom is -0.359 e. The maximum absolute atomic E-state index is 13.5. The van der Waals surface area contributed by atoms with Crippen molar-refractivity contribution in [3.05, 3.63) is 70.5 Å². The fraction of sp³-hybridized carbons (Fsp3) is 0.278. The second-order valence-electron chi connectivity index (χ2n) is 5.55. The van der Waals surface area contributed by atoms with Crippen LogP contribution in [-0.2, 0) is 17.6 Å². The molecule has 3 heteroatoms. The highest BCUT2D eigenvalue weighted by atomic mass is 19.1. The summed E-state index contributed by atoms with van der Waals surface area (Å²) in [5, 5.41) is 2.73. The van der Waals surface area contributed by atoms with E-state index < -0.39 is 0 Å². The first kappa shape index (κ1) is 13.8. The van der Waals surface area contributed by atoms with Gasteiger partial charge in [0, 0.05) is 6.54 Å². The van der Waals surface area contributed by atoms with Crippen LogP contribution in [-0.4, -0.2) is 13.0 Å². The zero-order valence-electron chi connectivity index (χ0n) is 11.8. The molecule has 0 unspecified atom stereocenters. The van der Waals surface area contributed by atoms with E-state index in [2.05, 4.69) is 23.5 Å². The van der Waals surface area contributed by atoms with Gasteiger partial charge in [0.15, 0.2) is 0 Å². The van der Waals surface area contributed by atoms with Crippen molar-refractivity contribution in [1.82, 2.24) is 5.32 Å². The lowest BCUT2D eigenvalue weighted by Crippen LogP contribution is -2.16. The topological polar surface area (TPSA) is 29.1 Å². The molecule has 1 aliphatic carbocycles. The summed E-state index contributed by atoms with van der Waals surface area (Å²) in [5.74, 6) is 0.140. The predicted octanol–water partition coefficient (Wildman–Crippen LogP) is 3.19. The second kappa shape index (κ2) is 6.08. The number of halogens is 1. The van der Waals surface area contributed by atoms with Gasteiger partial charge in [-0.1, -0.05) is 30.3 Å². The van der Waals surface area contributed by atoms with Gasteiger partial charge in [0.25, 0.3) is 0 Å². The highest BCUT2D eigenvalue weighted by Crippen LogP contribution is 2.33. The first-order chi connectivity index (χ1) is 10.3. The van der Waals surface area contributed by atoms with Gasteiger partial charge < -0.3 is 5.32 Å². The third kappa shape index (κ3) is 2.97. The van der Waals surface area contributed by atoms with Crippen LogP contribution in [0.4, 0.5) is 4.39 Å². The second-order valence-corrected chi connectivity index (χ2v) is 5.55. The monoisotopic (exact) mass is 283 g/mol. The number of hydrogen-bond acceptors (Lipinski definition) is 1. The van der Waals surface area contributed by atoms with Crippen molar-refractivity contribution in [1.29, 1.82) is 0 Å². The van der Waals surface area contributed by atoms with Crippen LogP contribution in [0.15, 0.2) is 42.5 Å². The summed E-state index contributed by atoms with van der Waals surface area (Å²) in [6.07, 6.45) is 3.27. The summed E-state index contributed by atoms with van der Waals surface area (Å²) < 4.78 is 13.5. The van der Waals surface area contributed by atoms with Gasteiger partial charge in [0.05, 0.1) is 0 Å². The Morgan fingerprint density at radius 2 is 2.00 bits per heavy atom. The Morgan fingerprint density at radius 3 is 2.86 bits per heavy atom. The number of carbonyl (C=O) groups excluding carboxylic acids is 1. The number of fused-ring (bicyclic) bond motifs is 2. The van der Waals surface area contributed by atoms with E-state index in [9.17, 15) is 9.18 Å². The molecule has 1 aliphatic rings. The van der Waals surface area contributed by atoms with Crippen molar-refractivity contribution in [2.45, 2.75) is 25.2 Å². The molecule has 2 aromatic carbocycles. The molecule has 1 N–H and O–H groups in total. The summed E-state index contributed by atoms with van der Waals surface area (Å²) in [7, 11) is 0. The van der Waals surface area contributed by atoms with Crippen LogP contribution >= 0.6 is 0 Å². The Hall–Kier alpha value is -2.16. The number of rotatable bonds is 4. The summed E-state index contributed by atoms with van der Waals surface area (Å²) in [4.78, 5) is 10.4. The Bertz CT molecular complexity index is 653. The molecular weight excluding hydrogens is 265 g/mol. The van der Waals surface area contributed by atoms with Crippen molar-refractivity contribution >= 4 is 6.41 Å². The SMILES string of the molecule is O=CNCC[C@H]1Cc2cc(F)ccc2Cc2ccccc21. The third-order valence-corrected chi connectivity index (χ3v) is 4.23. The molecule has 2 aromatic rings. The van der Waals surface area contributed by atoms with E-state index >= 15 is 0 Å². The molecular formula is C18H18FNO. The quantitative estimate of drug-likeness (QED) is 0.677. The maximum Gasteiger partial charge on any atom is 0.207 e. The zero-order valence-corrected chi connectivity index (χ0v) is 11.8. The normalized spacial score (nSPS) is 16.5. The highest BCUT2D eigenvalue weighted by molar-refractivity contribution is 5.46. The Labute approximate surface area is 124 Å². The van der Waals surface area contributed by atoms with Crippen LogP contribution in [0.2, 0.25) is 0 Å². The lowest BCUT2D eigenvalue weighted by molar-refractivity contribution is -0.109. The van der Waals surface area contributed by atoms with Crippen LogP contribution in [0.1, 0.15) is 34.6 Å². The van der Waals surface area contributed by atoms with E-state index in [0.29, 0.717) is 12.5 Å². The minimum absolute atomic E-state index is 0.176. The first-order valence-corrected chi connectivity index (χ1v) is 7.30.